The van der Waals surface area contributed by atoms with Crippen LogP contribution in [0, 0.1) is 12.3 Å². The zero-order chi connectivity index (χ0) is 25.4. The van der Waals surface area contributed by atoms with Gasteiger partial charge in [-0.2, -0.15) is 0 Å². The molecule has 2 aliphatic heterocycles. The highest BCUT2D eigenvalue weighted by Crippen LogP contribution is 2.43. The Hall–Kier alpha value is -3.59. The molecule has 6 rings (SSSR count). The van der Waals surface area contributed by atoms with Gasteiger partial charge in [-0.15, -0.1) is 10.2 Å². The molecule has 0 aliphatic carbocycles. The van der Waals surface area contributed by atoms with Gasteiger partial charge in [-0.1, -0.05) is 12.1 Å². The number of anilines is 1. The number of hydrogen-bond acceptors (Lipinski definition) is 8. The summed E-state index contributed by atoms with van der Waals surface area (Å²) >= 11 is 0. The predicted molar refractivity (Wildman–Crippen MR) is 142 cm³/mol. The van der Waals surface area contributed by atoms with E-state index in [2.05, 4.69) is 40.2 Å². The van der Waals surface area contributed by atoms with Gasteiger partial charge in [0.2, 0.25) is 0 Å². The number of rotatable bonds is 7. The maximum atomic E-state index is 6.03. The average Bonchev–Trinajstić information content (AvgIpc) is 3.38. The van der Waals surface area contributed by atoms with Gasteiger partial charge < -0.3 is 18.9 Å². The summed E-state index contributed by atoms with van der Waals surface area (Å²) in [5, 5.41) is 9.39. The van der Waals surface area contributed by atoms with Crippen molar-refractivity contribution in [3.63, 3.8) is 0 Å². The average molecular weight is 500 g/mol. The van der Waals surface area contributed by atoms with Gasteiger partial charge in [0.05, 0.1) is 6.61 Å². The smallest absolute Gasteiger partial charge is 0.163 e. The lowest BCUT2D eigenvalue weighted by atomic mass is 9.73. The summed E-state index contributed by atoms with van der Waals surface area (Å²) in [4.78, 5) is 17.0. The van der Waals surface area contributed by atoms with Gasteiger partial charge in [-0.05, 0) is 45.7 Å². The second kappa shape index (κ2) is 9.70. The summed E-state index contributed by atoms with van der Waals surface area (Å²) in [6.45, 7) is 11.2. The third-order valence-corrected chi connectivity index (χ3v) is 7.56. The molecule has 0 atom stereocenters. The molecule has 9 nitrogen and oxygen atoms in total. The van der Waals surface area contributed by atoms with Gasteiger partial charge in [-0.3, -0.25) is 0 Å². The van der Waals surface area contributed by atoms with Crippen molar-refractivity contribution < 1.29 is 9.47 Å². The van der Waals surface area contributed by atoms with E-state index in [1.807, 2.05) is 30.7 Å². The van der Waals surface area contributed by atoms with Crippen LogP contribution in [0.5, 0.6) is 5.75 Å². The normalized spacial score (nSPS) is 16.8. The van der Waals surface area contributed by atoms with Crippen molar-refractivity contribution in [2.45, 2.75) is 46.6 Å². The van der Waals surface area contributed by atoms with E-state index in [0.29, 0.717) is 18.4 Å². The quantitative estimate of drug-likeness (QED) is 0.373. The molecule has 5 heterocycles. The van der Waals surface area contributed by atoms with Crippen LogP contribution in [0.1, 0.15) is 43.8 Å². The van der Waals surface area contributed by atoms with E-state index in [1.54, 1.807) is 6.33 Å². The highest BCUT2D eigenvalue weighted by Gasteiger charge is 2.45. The van der Waals surface area contributed by atoms with E-state index < -0.39 is 0 Å². The molecule has 0 N–H and O–H groups in total. The van der Waals surface area contributed by atoms with Crippen molar-refractivity contribution in [2.75, 3.05) is 37.8 Å². The Labute approximate surface area is 216 Å². The molecule has 4 aromatic rings. The Kier molecular flexibility index (Phi) is 6.24. The predicted octanol–water partition coefficient (Wildman–Crippen LogP) is 4.22. The standard InChI is InChI=1S/C28H33N7O2/c1-4-34-18-30-33-26(34)21-7-6-20(23(13-21)37-5-2)14-24-29-15-22-12-19(3)31-27(25(22)32-24)35-16-28(17-35)8-10-36-11-9-28/h6-7,12-13,15,18H,4-5,8-11,14,16-17H2,1-3H3. The number of aryl methyl sites for hydroxylation is 2. The number of hydrogen-bond donors (Lipinski definition) is 0. The van der Waals surface area contributed by atoms with E-state index in [1.165, 1.54) is 0 Å². The van der Waals surface area contributed by atoms with Crippen LogP contribution in [0.3, 0.4) is 0 Å². The van der Waals surface area contributed by atoms with Gasteiger partial charge in [0.15, 0.2) is 11.6 Å². The van der Waals surface area contributed by atoms with Crippen LogP contribution in [0.25, 0.3) is 22.3 Å². The lowest BCUT2D eigenvalue weighted by molar-refractivity contribution is -0.000373. The first-order valence-electron chi connectivity index (χ1n) is 13.2. The summed E-state index contributed by atoms with van der Waals surface area (Å²) in [6.07, 6.45) is 6.50. The molecule has 3 aromatic heterocycles. The lowest BCUT2D eigenvalue weighted by Gasteiger charge is -2.52. The van der Waals surface area contributed by atoms with Gasteiger partial charge >= 0.3 is 0 Å². The second-order valence-corrected chi connectivity index (χ2v) is 10.2. The Balaban J connectivity index is 1.30. The van der Waals surface area contributed by atoms with E-state index in [0.717, 1.165) is 96.6 Å². The molecule has 9 heteroatoms. The second-order valence-electron chi connectivity index (χ2n) is 10.2. The molecular formula is C28H33N7O2. The first-order valence-corrected chi connectivity index (χ1v) is 13.2. The molecule has 1 spiro atoms. The number of aromatic nitrogens is 6. The van der Waals surface area contributed by atoms with Gasteiger partial charge in [0, 0.05) is 73.1 Å². The van der Waals surface area contributed by atoms with Crippen molar-refractivity contribution in [1.29, 1.82) is 0 Å². The first-order chi connectivity index (χ1) is 18.1. The van der Waals surface area contributed by atoms with Crippen LogP contribution in [0.4, 0.5) is 5.82 Å². The van der Waals surface area contributed by atoms with Crippen molar-refractivity contribution >= 4 is 16.7 Å². The molecule has 0 radical (unpaired) electrons. The third kappa shape index (κ3) is 4.52. The Morgan fingerprint density at radius 2 is 1.92 bits per heavy atom. The molecule has 2 aliphatic rings. The monoisotopic (exact) mass is 499 g/mol. The van der Waals surface area contributed by atoms with Crippen molar-refractivity contribution in [3.05, 3.63) is 53.9 Å². The molecule has 1 aromatic carbocycles. The summed E-state index contributed by atoms with van der Waals surface area (Å²) in [5.41, 5.74) is 4.29. The van der Waals surface area contributed by atoms with E-state index in [-0.39, 0.29) is 0 Å². The van der Waals surface area contributed by atoms with Crippen LogP contribution >= 0.6 is 0 Å². The summed E-state index contributed by atoms with van der Waals surface area (Å²) < 4.78 is 13.7. The summed E-state index contributed by atoms with van der Waals surface area (Å²) in [6, 6.07) is 8.26. The van der Waals surface area contributed by atoms with Gasteiger partial charge in [0.25, 0.3) is 0 Å². The molecule has 0 saturated carbocycles. The molecule has 2 fully saturated rings. The van der Waals surface area contributed by atoms with Crippen LogP contribution in [-0.2, 0) is 17.7 Å². The number of ether oxygens (including phenoxy) is 2. The maximum Gasteiger partial charge on any atom is 0.163 e. The molecular weight excluding hydrogens is 466 g/mol. The number of nitrogens with zero attached hydrogens (tertiary/aromatic N) is 7. The van der Waals surface area contributed by atoms with Gasteiger partial charge in [0.1, 0.15) is 23.4 Å². The number of benzene rings is 1. The van der Waals surface area contributed by atoms with Crippen molar-refractivity contribution in [3.8, 4) is 17.1 Å². The minimum atomic E-state index is 0.363. The number of fused-ring (bicyclic) bond motifs is 1. The molecule has 0 bridgehead atoms. The van der Waals surface area contributed by atoms with E-state index in [4.69, 9.17) is 24.4 Å². The Bertz CT molecular complexity index is 1420. The zero-order valence-corrected chi connectivity index (χ0v) is 21.8. The lowest BCUT2D eigenvalue weighted by Crippen LogP contribution is -2.59. The fourth-order valence-electron chi connectivity index (χ4n) is 5.54. The van der Waals surface area contributed by atoms with Crippen LogP contribution in [0.2, 0.25) is 0 Å². The van der Waals surface area contributed by atoms with Crippen molar-refractivity contribution in [1.82, 2.24) is 29.7 Å². The van der Waals surface area contributed by atoms with Crippen LogP contribution < -0.4 is 9.64 Å². The third-order valence-electron chi connectivity index (χ3n) is 7.56. The Morgan fingerprint density at radius 3 is 2.70 bits per heavy atom. The van der Waals surface area contributed by atoms with Gasteiger partial charge in [-0.25, -0.2) is 15.0 Å². The molecule has 0 amide bonds. The number of pyridine rings is 1. The first kappa shape index (κ1) is 23.8. The van der Waals surface area contributed by atoms with E-state index in [9.17, 15) is 0 Å². The zero-order valence-electron chi connectivity index (χ0n) is 21.8. The van der Waals surface area contributed by atoms with Crippen LogP contribution in [-0.4, -0.2) is 62.6 Å². The minimum Gasteiger partial charge on any atom is -0.494 e. The summed E-state index contributed by atoms with van der Waals surface area (Å²) in [5.74, 6) is 3.38. The van der Waals surface area contributed by atoms with E-state index >= 15 is 0 Å². The highest BCUT2D eigenvalue weighted by molar-refractivity contribution is 5.89. The largest absolute Gasteiger partial charge is 0.494 e. The SMILES string of the molecule is CCOc1cc(-c2nncn2CC)ccc1Cc1ncc2cc(C)nc(N3CC4(CCOCC4)C3)c2n1. The topological polar surface area (TPSA) is 91.1 Å². The highest BCUT2D eigenvalue weighted by atomic mass is 16.5. The van der Waals surface area contributed by atoms with Crippen LogP contribution in [0.15, 0.2) is 36.8 Å². The van der Waals surface area contributed by atoms with Crippen molar-refractivity contribution in [2.24, 2.45) is 5.41 Å². The molecule has 37 heavy (non-hydrogen) atoms. The fourth-order valence-corrected chi connectivity index (χ4v) is 5.54. The minimum absolute atomic E-state index is 0.363. The Morgan fingerprint density at radius 1 is 1.08 bits per heavy atom. The maximum absolute atomic E-state index is 6.03. The molecule has 192 valence electrons. The summed E-state index contributed by atoms with van der Waals surface area (Å²) in [7, 11) is 0. The molecule has 0 unspecified atom stereocenters. The molecule has 2 saturated heterocycles. The fraction of sp³-hybridized carbons (Fsp3) is 0.464.